The molecule has 0 fully saturated rings. The molecule has 3 N–H and O–H groups in total. The second kappa shape index (κ2) is 12.6. The molecule has 1 amide bonds. The van der Waals surface area contributed by atoms with Crippen LogP contribution in [0.25, 0.3) is 0 Å². The fourth-order valence-corrected chi connectivity index (χ4v) is 2.30. The summed E-state index contributed by atoms with van der Waals surface area (Å²) >= 11 is 0. The van der Waals surface area contributed by atoms with Gasteiger partial charge in [-0.1, -0.05) is 12.8 Å². The number of amides is 1. The summed E-state index contributed by atoms with van der Waals surface area (Å²) in [6.45, 7) is 15.1. The highest BCUT2D eigenvalue weighted by molar-refractivity contribution is 5.85. The van der Waals surface area contributed by atoms with Crippen LogP contribution in [0, 0.1) is 0 Å². The van der Waals surface area contributed by atoms with Crippen molar-refractivity contribution in [3.05, 3.63) is 0 Å². The van der Waals surface area contributed by atoms with E-state index in [0.717, 1.165) is 38.8 Å². The number of ether oxygens (including phenoxy) is 1. The number of rotatable bonds is 10. The molecule has 0 aromatic carbocycles. The molecule has 7 nitrogen and oxygen atoms in total. The third-order valence-corrected chi connectivity index (χ3v) is 3.26. The van der Waals surface area contributed by atoms with Gasteiger partial charge in [-0.25, -0.2) is 4.99 Å². The quantitative estimate of drug-likeness (QED) is 0.233. The van der Waals surface area contributed by atoms with Gasteiger partial charge in [-0.05, 0) is 61.3 Å². The van der Waals surface area contributed by atoms with E-state index in [1.807, 2.05) is 48.5 Å². The van der Waals surface area contributed by atoms with E-state index >= 15 is 0 Å². The summed E-state index contributed by atoms with van der Waals surface area (Å²) in [5, 5.41) is 9.26. The van der Waals surface area contributed by atoms with E-state index in [-0.39, 0.29) is 24.0 Å². The van der Waals surface area contributed by atoms with Gasteiger partial charge in [0.25, 0.3) is 0 Å². The highest BCUT2D eigenvalue weighted by Crippen LogP contribution is 2.10. The number of esters is 1. The number of hydrogen-bond donors (Lipinski definition) is 3. The molecule has 0 unspecified atom stereocenters. The molecule has 0 rings (SSSR count). The molecule has 0 spiro atoms. The van der Waals surface area contributed by atoms with Gasteiger partial charge in [0.1, 0.15) is 12.1 Å². The monoisotopic (exact) mass is 384 g/mol. The molecule has 0 saturated carbocycles. The number of carbonyl (C=O) groups is 2. The maximum absolute atomic E-state index is 11.8. The molecule has 0 aromatic rings. The Balaban J connectivity index is 3.98. The van der Waals surface area contributed by atoms with Crippen LogP contribution in [-0.2, 0) is 14.3 Å². The number of hydrogen-bond acceptors (Lipinski definition) is 4. The minimum absolute atomic E-state index is 0.0955. The summed E-state index contributed by atoms with van der Waals surface area (Å²) in [7, 11) is 0. The second-order valence-electron chi connectivity index (χ2n) is 8.67. The van der Waals surface area contributed by atoms with Crippen molar-refractivity contribution in [2.24, 2.45) is 4.99 Å². The minimum atomic E-state index is -0.410. The van der Waals surface area contributed by atoms with Crippen molar-refractivity contribution >= 4 is 17.8 Å². The highest BCUT2D eigenvalue weighted by atomic mass is 16.6. The molecule has 0 radical (unpaired) electrons. The minimum Gasteiger partial charge on any atom is -0.460 e. The Bertz CT molecular complexity index is 477. The van der Waals surface area contributed by atoms with E-state index in [4.69, 9.17) is 4.74 Å². The van der Waals surface area contributed by atoms with Crippen molar-refractivity contribution in [2.45, 2.75) is 91.7 Å². The van der Waals surface area contributed by atoms with Gasteiger partial charge < -0.3 is 20.7 Å². The lowest BCUT2D eigenvalue weighted by molar-refractivity contribution is -0.154. The van der Waals surface area contributed by atoms with Gasteiger partial charge >= 0.3 is 5.97 Å². The van der Waals surface area contributed by atoms with E-state index in [1.54, 1.807) is 0 Å². The Hall–Kier alpha value is -1.79. The van der Waals surface area contributed by atoms with Gasteiger partial charge in [0.15, 0.2) is 5.96 Å². The highest BCUT2D eigenvalue weighted by Gasteiger charge is 2.15. The van der Waals surface area contributed by atoms with Crippen molar-refractivity contribution in [1.82, 2.24) is 16.0 Å². The first-order valence-corrected chi connectivity index (χ1v) is 9.98. The topological polar surface area (TPSA) is 91.8 Å². The number of aliphatic imine (C=N–C) groups is 1. The predicted molar refractivity (Wildman–Crippen MR) is 111 cm³/mol. The summed E-state index contributed by atoms with van der Waals surface area (Å²) in [4.78, 5) is 27.8. The summed E-state index contributed by atoms with van der Waals surface area (Å²) in [6.07, 6.45) is 4.31. The van der Waals surface area contributed by atoms with Gasteiger partial charge in [-0.15, -0.1) is 0 Å². The average molecular weight is 385 g/mol. The van der Waals surface area contributed by atoms with Crippen molar-refractivity contribution < 1.29 is 14.3 Å². The predicted octanol–water partition coefficient (Wildman–Crippen LogP) is 2.75. The van der Waals surface area contributed by atoms with E-state index in [0.29, 0.717) is 12.4 Å². The van der Waals surface area contributed by atoms with Crippen LogP contribution < -0.4 is 16.0 Å². The van der Waals surface area contributed by atoms with Crippen LogP contribution in [0.3, 0.4) is 0 Å². The summed E-state index contributed by atoms with van der Waals surface area (Å²) in [5.41, 5.74) is -0.662. The Labute approximate surface area is 165 Å². The van der Waals surface area contributed by atoms with Crippen LogP contribution in [0.2, 0.25) is 0 Å². The molecule has 0 aliphatic heterocycles. The lowest BCUT2D eigenvalue weighted by Crippen LogP contribution is -2.43. The molecular weight excluding hydrogens is 344 g/mol. The van der Waals surface area contributed by atoms with Crippen LogP contribution in [0.5, 0.6) is 0 Å². The fourth-order valence-electron chi connectivity index (χ4n) is 2.30. The normalized spacial score (nSPS) is 12.5. The molecule has 158 valence electrons. The number of nitrogens with one attached hydrogen (secondary N) is 3. The number of carbonyl (C=O) groups excluding carboxylic acids is 2. The molecule has 0 bridgehead atoms. The summed E-state index contributed by atoms with van der Waals surface area (Å²) in [5.74, 6) is 0.424. The standard InChI is InChI=1S/C20H40N4O3/c1-8-21-18(23-15-16(25)24-19(2,3)4)22-14-12-10-9-11-13-17(26)27-20(5,6)7/h8-15H2,1-7H3,(H,24,25)(H2,21,22,23). The van der Waals surface area contributed by atoms with Gasteiger partial charge in [-0.2, -0.15) is 0 Å². The Morgan fingerprint density at radius 2 is 1.56 bits per heavy atom. The van der Waals surface area contributed by atoms with E-state index in [9.17, 15) is 9.59 Å². The van der Waals surface area contributed by atoms with Gasteiger partial charge in [0.05, 0.1) is 0 Å². The molecule has 0 saturated heterocycles. The molecule has 7 heteroatoms. The number of nitrogens with zero attached hydrogens (tertiary/aromatic N) is 1. The van der Waals surface area contributed by atoms with Gasteiger partial charge in [0.2, 0.25) is 5.91 Å². The molecule has 27 heavy (non-hydrogen) atoms. The van der Waals surface area contributed by atoms with Crippen molar-refractivity contribution in [3.63, 3.8) is 0 Å². The summed E-state index contributed by atoms with van der Waals surface area (Å²) in [6, 6.07) is 0. The third kappa shape index (κ3) is 17.4. The Kier molecular flexibility index (Phi) is 11.7. The van der Waals surface area contributed by atoms with E-state index in [2.05, 4.69) is 20.9 Å². The SMILES string of the molecule is CCNC(=NCC(=O)NC(C)(C)C)NCCCCCCC(=O)OC(C)(C)C. The van der Waals surface area contributed by atoms with Gasteiger partial charge in [0, 0.05) is 25.0 Å². The first-order valence-electron chi connectivity index (χ1n) is 9.98. The summed E-state index contributed by atoms with van der Waals surface area (Å²) < 4.78 is 5.29. The van der Waals surface area contributed by atoms with Crippen molar-refractivity contribution in [1.29, 1.82) is 0 Å². The maximum atomic E-state index is 11.8. The zero-order valence-electron chi connectivity index (χ0n) is 18.3. The largest absolute Gasteiger partial charge is 0.460 e. The number of unbranched alkanes of at least 4 members (excludes halogenated alkanes) is 3. The zero-order valence-corrected chi connectivity index (χ0v) is 18.3. The van der Waals surface area contributed by atoms with Crippen LogP contribution in [0.1, 0.15) is 80.6 Å². The van der Waals surface area contributed by atoms with Crippen molar-refractivity contribution in [2.75, 3.05) is 19.6 Å². The molecule has 0 atom stereocenters. The molecule has 0 aliphatic rings. The zero-order chi connectivity index (χ0) is 20.9. The molecular formula is C20H40N4O3. The van der Waals surface area contributed by atoms with E-state index in [1.165, 1.54) is 0 Å². The van der Waals surface area contributed by atoms with Crippen LogP contribution in [0.15, 0.2) is 4.99 Å². The van der Waals surface area contributed by atoms with Crippen LogP contribution in [-0.4, -0.2) is 48.6 Å². The Morgan fingerprint density at radius 3 is 2.11 bits per heavy atom. The van der Waals surface area contributed by atoms with Gasteiger partial charge in [-0.3, -0.25) is 9.59 Å². The Morgan fingerprint density at radius 1 is 0.926 bits per heavy atom. The van der Waals surface area contributed by atoms with Crippen LogP contribution in [0.4, 0.5) is 0 Å². The third-order valence-electron chi connectivity index (χ3n) is 3.26. The fraction of sp³-hybridized carbons (Fsp3) is 0.850. The lowest BCUT2D eigenvalue weighted by atomic mass is 10.1. The maximum Gasteiger partial charge on any atom is 0.306 e. The average Bonchev–Trinajstić information content (AvgIpc) is 2.48. The first kappa shape index (κ1) is 25.2. The smallest absolute Gasteiger partial charge is 0.306 e. The molecule has 0 heterocycles. The first-order chi connectivity index (χ1) is 12.4. The molecule has 0 aromatic heterocycles. The number of guanidine groups is 1. The van der Waals surface area contributed by atoms with Crippen LogP contribution >= 0.6 is 0 Å². The molecule has 0 aliphatic carbocycles. The van der Waals surface area contributed by atoms with Crippen molar-refractivity contribution in [3.8, 4) is 0 Å². The van der Waals surface area contributed by atoms with E-state index < -0.39 is 5.60 Å². The lowest BCUT2D eigenvalue weighted by Gasteiger charge is -2.20. The second-order valence-corrected chi connectivity index (χ2v) is 8.67.